The summed E-state index contributed by atoms with van der Waals surface area (Å²) in [5, 5.41) is 0. The molecule has 2 N–H and O–H groups in total. The molecule has 0 unspecified atom stereocenters. The molecule has 5 heteroatoms. The summed E-state index contributed by atoms with van der Waals surface area (Å²) in [7, 11) is 1.31. The number of amidine groups is 1. The Balaban J connectivity index is 4.39. The van der Waals surface area contributed by atoms with Crippen molar-refractivity contribution in [1.82, 2.24) is 0 Å². The first-order valence-electron chi connectivity index (χ1n) is 3.08. The molecule has 0 aromatic carbocycles. The van der Waals surface area contributed by atoms with Crippen molar-refractivity contribution in [2.24, 2.45) is 10.7 Å². The second-order valence-electron chi connectivity index (χ2n) is 1.75. The number of carbonyl (C=O) groups is 1. The zero-order chi connectivity index (χ0) is 9.56. The van der Waals surface area contributed by atoms with E-state index in [9.17, 15) is 4.79 Å². The first-order chi connectivity index (χ1) is 5.63. The van der Waals surface area contributed by atoms with Crippen LogP contribution in [0.5, 0.6) is 0 Å². The van der Waals surface area contributed by atoms with Crippen molar-refractivity contribution in [2.75, 3.05) is 7.11 Å². The molecule has 0 aromatic rings. The zero-order valence-corrected chi connectivity index (χ0v) is 9.76. The minimum atomic E-state index is -0.434. The minimum absolute atomic E-state index is 0.186. The molecule has 0 spiro atoms. The van der Waals surface area contributed by atoms with Crippen LogP contribution in [0.1, 0.15) is 6.92 Å². The van der Waals surface area contributed by atoms with Crippen LogP contribution in [0.25, 0.3) is 0 Å². The Bertz CT molecular complexity index is 246. The second kappa shape index (κ2) is 5.83. The number of esters is 1. The van der Waals surface area contributed by atoms with E-state index in [1.54, 1.807) is 6.92 Å². The van der Waals surface area contributed by atoms with E-state index in [-0.39, 0.29) is 5.84 Å². The van der Waals surface area contributed by atoms with Crippen molar-refractivity contribution in [3.63, 3.8) is 0 Å². The third kappa shape index (κ3) is 3.58. The van der Waals surface area contributed by atoms with E-state index in [4.69, 9.17) is 5.73 Å². The molecule has 0 amide bonds. The summed E-state index contributed by atoms with van der Waals surface area (Å²) in [4.78, 5) is 14.6. The molecule has 0 saturated heterocycles. The van der Waals surface area contributed by atoms with Crippen molar-refractivity contribution in [2.45, 2.75) is 6.92 Å². The van der Waals surface area contributed by atoms with E-state index >= 15 is 0 Å². The normalized spacial score (nSPS) is 11.7. The number of hydrogen-bond donors (Lipinski definition) is 1. The average Bonchev–Trinajstić information content (AvgIpc) is 2.11. The van der Waals surface area contributed by atoms with E-state index < -0.39 is 5.97 Å². The summed E-state index contributed by atoms with van der Waals surface area (Å²) >= 11 is 0.933. The van der Waals surface area contributed by atoms with Gasteiger partial charge in [-0.15, -0.1) is 0 Å². The Hall–Kier alpha value is -0.762. The Labute approximate surface area is 81.9 Å². The van der Waals surface area contributed by atoms with Gasteiger partial charge in [-0.05, 0) is 0 Å². The monoisotopic (exact) mass is 337 g/mol. The third-order valence-electron chi connectivity index (χ3n) is 0.936. The molecule has 0 aliphatic carbocycles. The van der Waals surface area contributed by atoms with Gasteiger partial charge >= 0.3 is 81.6 Å². The predicted molar refractivity (Wildman–Crippen MR) is 42.1 cm³/mol. The Morgan fingerprint density at radius 3 is 2.75 bits per heavy atom. The maximum absolute atomic E-state index is 10.9. The standard InChI is InChI=1S/C7H9N2O2.W/c1-3-4-9-6(8)5-7(10)11-2;/h4H,1-2H3,(H2,8,9);/q-1;. The summed E-state index contributed by atoms with van der Waals surface area (Å²) in [6, 6.07) is 0. The number of carbonyl (C=O) groups excluding carboxylic acids is 1. The average molecular weight is 337 g/mol. The number of nitrogens with two attached hydrogens (primary N) is 1. The van der Waals surface area contributed by atoms with Crippen molar-refractivity contribution >= 4 is 15.7 Å². The third-order valence-corrected chi connectivity index (χ3v) is 2.29. The fraction of sp³-hybridized carbons (Fsp3) is 0.286. The van der Waals surface area contributed by atoms with Crippen LogP contribution in [0.15, 0.2) is 11.2 Å². The molecule has 0 radical (unpaired) electrons. The Kier molecular flexibility index (Phi) is 5.46. The summed E-state index contributed by atoms with van der Waals surface area (Å²) in [6.07, 6.45) is 4.07. The van der Waals surface area contributed by atoms with Crippen LogP contribution in [0.3, 0.4) is 0 Å². The Morgan fingerprint density at radius 2 is 2.33 bits per heavy atom. The number of ether oxygens (including phenoxy) is 1. The van der Waals surface area contributed by atoms with E-state index in [0.29, 0.717) is 3.90 Å². The van der Waals surface area contributed by atoms with Gasteiger partial charge in [0.2, 0.25) is 0 Å². The van der Waals surface area contributed by atoms with E-state index in [1.807, 2.05) is 0 Å². The number of rotatable bonds is 3. The molecule has 12 heavy (non-hydrogen) atoms. The number of hydrogen-bond acceptors (Lipinski definition) is 3. The molecule has 0 heterocycles. The summed E-state index contributed by atoms with van der Waals surface area (Å²) < 4.78 is 4.84. The quantitative estimate of drug-likeness (QED) is 0.329. The summed E-state index contributed by atoms with van der Waals surface area (Å²) in [6.45, 7) is 1.69. The number of nitrogens with zero attached hydrogens (tertiary/aromatic N) is 1. The van der Waals surface area contributed by atoms with Gasteiger partial charge in [0.1, 0.15) is 0 Å². The van der Waals surface area contributed by atoms with Gasteiger partial charge in [-0.1, -0.05) is 0 Å². The van der Waals surface area contributed by atoms with E-state index in [1.165, 1.54) is 13.3 Å². The molecule has 66 valence electrons. The molecule has 0 atom stereocenters. The van der Waals surface area contributed by atoms with Gasteiger partial charge in [-0.2, -0.15) is 0 Å². The van der Waals surface area contributed by atoms with Crippen LogP contribution in [0.4, 0.5) is 0 Å². The molecule has 0 aromatic heterocycles. The first-order valence-corrected chi connectivity index (χ1v) is 4.55. The van der Waals surface area contributed by atoms with Gasteiger partial charge in [-0.25, -0.2) is 0 Å². The number of methoxy groups -OCH3 is 1. The molecule has 0 aliphatic heterocycles. The topological polar surface area (TPSA) is 64.7 Å². The summed E-state index contributed by atoms with van der Waals surface area (Å²) in [5.74, 6) is -0.248. The van der Waals surface area contributed by atoms with E-state index in [2.05, 4.69) is 15.8 Å². The molecular formula is C7H9N2O2W-. The predicted octanol–water partition coefficient (Wildman–Crippen LogP) is -0.427. The van der Waals surface area contributed by atoms with E-state index in [0.717, 1.165) is 19.4 Å². The molecule has 0 saturated carbocycles. The second-order valence-corrected chi connectivity index (χ2v) is 3.22. The van der Waals surface area contributed by atoms with Gasteiger partial charge in [0.15, 0.2) is 0 Å². The fourth-order valence-corrected chi connectivity index (χ4v) is 0.879. The van der Waals surface area contributed by atoms with Gasteiger partial charge in [0, 0.05) is 0 Å². The SMILES string of the molecule is C[C-]=CN=C(N)[C](=[W])C(=O)OC. The van der Waals surface area contributed by atoms with Crippen molar-refractivity contribution in [1.29, 1.82) is 0 Å². The molecule has 4 nitrogen and oxygen atoms in total. The molecule has 0 rings (SSSR count). The fourth-order valence-electron chi connectivity index (χ4n) is 0.390. The van der Waals surface area contributed by atoms with Crippen LogP contribution in [0, 0.1) is 6.08 Å². The molecular weight excluding hydrogens is 328 g/mol. The first kappa shape index (κ1) is 11.2. The van der Waals surface area contributed by atoms with Gasteiger partial charge in [0.05, 0.1) is 0 Å². The molecule has 0 bridgehead atoms. The van der Waals surface area contributed by atoms with Crippen LogP contribution in [0.2, 0.25) is 0 Å². The molecule has 0 aliphatic rings. The van der Waals surface area contributed by atoms with Gasteiger partial charge in [0.25, 0.3) is 0 Å². The van der Waals surface area contributed by atoms with Crippen molar-refractivity contribution in [3.8, 4) is 0 Å². The maximum atomic E-state index is 10.9. The zero-order valence-electron chi connectivity index (χ0n) is 6.83. The van der Waals surface area contributed by atoms with Crippen LogP contribution < -0.4 is 5.73 Å². The summed E-state index contributed by atoms with van der Waals surface area (Å²) in [5.41, 5.74) is 5.44. The van der Waals surface area contributed by atoms with Crippen LogP contribution >= 0.6 is 0 Å². The van der Waals surface area contributed by atoms with Crippen molar-refractivity contribution in [3.05, 3.63) is 12.3 Å². The van der Waals surface area contributed by atoms with Crippen molar-refractivity contribution < 1.29 is 28.9 Å². The van der Waals surface area contributed by atoms with Crippen LogP contribution in [-0.4, -0.2) is 22.8 Å². The van der Waals surface area contributed by atoms with Gasteiger partial charge < -0.3 is 0 Å². The Morgan fingerprint density at radius 1 is 1.75 bits per heavy atom. The number of aliphatic imine (C=N–C) groups is 1. The molecule has 0 fully saturated rings. The van der Waals surface area contributed by atoms with Crippen LogP contribution in [-0.2, 0) is 28.9 Å². The van der Waals surface area contributed by atoms with Gasteiger partial charge in [-0.3, -0.25) is 0 Å². The number of allylic oxidation sites excluding steroid dienone is 1.